The minimum Gasteiger partial charge on any atom is -0.487 e. The Hall–Kier alpha value is -1.46. The maximum atomic E-state index is 12.1. The standard InChI is InChI=1S/C16H23ClN2O3/c1-12(22-15-5-3-2-4-14(15)17)10-18-16(21)19-8-6-13(11-20)7-9-19/h2-5,12-13,20H,6-11H2,1H3,(H,18,21). The summed E-state index contributed by atoms with van der Waals surface area (Å²) in [4.78, 5) is 13.9. The third kappa shape index (κ3) is 4.78. The molecule has 0 bridgehead atoms. The molecule has 2 amide bonds. The molecule has 0 radical (unpaired) electrons. The van der Waals surface area contributed by atoms with Gasteiger partial charge in [0.1, 0.15) is 11.9 Å². The van der Waals surface area contributed by atoms with Crippen molar-refractivity contribution in [3.8, 4) is 5.75 Å². The number of aliphatic hydroxyl groups is 1. The summed E-state index contributed by atoms with van der Waals surface area (Å²) in [5.41, 5.74) is 0. The maximum Gasteiger partial charge on any atom is 0.317 e. The highest BCUT2D eigenvalue weighted by Crippen LogP contribution is 2.24. The van der Waals surface area contributed by atoms with Gasteiger partial charge in [-0.15, -0.1) is 0 Å². The molecule has 22 heavy (non-hydrogen) atoms. The van der Waals surface area contributed by atoms with Gasteiger partial charge >= 0.3 is 6.03 Å². The fraction of sp³-hybridized carbons (Fsp3) is 0.562. The Morgan fingerprint density at radius 3 is 2.77 bits per heavy atom. The van der Waals surface area contributed by atoms with E-state index in [2.05, 4.69) is 5.32 Å². The average Bonchev–Trinajstić information content (AvgIpc) is 2.55. The first-order valence-electron chi connectivity index (χ1n) is 7.65. The lowest BCUT2D eigenvalue weighted by atomic mass is 9.98. The number of aliphatic hydroxyl groups excluding tert-OH is 1. The fourth-order valence-corrected chi connectivity index (χ4v) is 2.64. The molecule has 1 fully saturated rings. The number of ether oxygens (including phenoxy) is 1. The van der Waals surface area contributed by atoms with Gasteiger partial charge in [0.25, 0.3) is 0 Å². The molecule has 0 saturated carbocycles. The normalized spacial score (nSPS) is 17.1. The molecule has 2 N–H and O–H groups in total. The Bertz CT molecular complexity index is 490. The van der Waals surface area contributed by atoms with Crippen LogP contribution in [0.2, 0.25) is 5.02 Å². The van der Waals surface area contributed by atoms with Gasteiger partial charge in [-0.25, -0.2) is 4.79 Å². The number of hydrogen-bond acceptors (Lipinski definition) is 3. The summed E-state index contributed by atoms with van der Waals surface area (Å²) in [6, 6.07) is 7.20. The van der Waals surface area contributed by atoms with E-state index in [0.29, 0.717) is 36.3 Å². The SMILES string of the molecule is CC(CNC(=O)N1CCC(CO)CC1)Oc1ccccc1Cl. The predicted octanol–water partition coefficient (Wildman–Crippen LogP) is 2.52. The van der Waals surface area contributed by atoms with Crippen molar-refractivity contribution < 1.29 is 14.6 Å². The second-order valence-corrected chi connectivity index (χ2v) is 6.07. The Balaban J connectivity index is 1.73. The predicted molar refractivity (Wildman–Crippen MR) is 86.3 cm³/mol. The minimum absolute atomic E-state index is 0.0778. The van der Waals surface area contributed by atoms with E-state index >= 15 is 0 Å². The van der Waals surface area contributed by atoms with Crippen LogP contribution >= 0.6 is 11.6 Å². The Morgan fingerprint density at radius 1 is 1.45 bits per heavy atom. The number of nitrogens with one attached hydrogen (secondary N) is 1. The first-order chi connectivity index (χ1) is 10.6. The number of nitrogens with zero attached hydrogens (tertiary/aromatic N) is 1. The molecule has 1 aromatic carbocycles. The number of benzene rings is 1. The van der Waals surface area contributed by atoms with E-state index in [1.54, 1.807) is 17.0 Å². The van der Waals surface area contributed by atoms with Crippen molar-refractivity contribution in [3.05, 3.63) is 29.3 Å². The molecule has 6 heteroatoms. The monoisotopic (exact) mass is 326 g/mol. The van der Waals surface area contributed by atoms with Crippen molar-refractivity contribution in [3.63, 3.8) is 0 Å². The zero-order valence-electron chi connectivity index (χ0n) is 12.8. The lowest BCUT2D eigenvalue weighted by Gasteiger charge is -2.31. The minimum atomic E-state index is -0.168. The third-order valence-corrected chi connectivity index (χ3v) is 4.18. The van der Waals surface area contributed by atoms with Crippen LogP contribution in [0.25, 0.3) is 0 Å². The number of hydrogen-bond donors (Lipinski definition) is 2. The molecule has 1 unspecified atom stereocenters. The number of halogens is 1. The van der Waals surface area contributed by atoms with Crippen molar-refractivity contribution in [1.82, 2.24) is 10.2 Å². The van der Waals surface area contributed by atoms with E-state index in [9.17, 15) is 4.79 Å². The number of rotatable bonds is 5. The molecule has 1 heterocycles. The molecule has 5 nitrogen and oxygen atoms in total. The molecule has 1 atom stereocenters. The van der Waals surface area contributed by atoms with Crippen molar-refractivity contribution in [2.45, 2.75) is 25.9 Å². The van der Waals surface area contributed by atoms with Gasteiger partial charge in [0, 0.05) is 19.7 Å². The molecule has 1 aliphatic rings. The van der Waals surface area contributed by atoms with E-state index in [4.69, 9.17) is 21.4 Å². The molecule has 1 aliphatic heterocycles. The maximum absolute atomic E-state index is 12.1. The van der Waals surface area contributed by atoms with Crippen LogP contribution < -0.4 is 10.1 Å². The molecule has 2 rings (SSSR count). The second-order valence-electron chi connectivity index (χ2n) is 5.66. The molecule has 0 spiro atoms. The van der Waals surface area contributed by atoms with Gasteiger partial charge in [-0.05, 0) is 37.8 Å². The van der Waals surface area contributed by atoms with Gasteiger partial charge in [0.2, 0.25) is 0 Å². The van der Waals surface area contributed by atoms with Gasteiger partial charge in [0.15, 0.2) is 0 Å². The Labute approximate surface area is 136 Å². The van der Waals surface area contributed by atoms with Gasteiger partial charge in [0.05, 0.1) is 11.6 Å². The van der Waals surface area contributed by atoms with Crippen LogP contribution in [0, 0.1) is 5.92 Å². The summed E-state index contributed by atoms with van der Waals surface area (Å²) < 4.78 is 5.72. The highest BCUT2D eigenvalue weighted by Gasteiger charge is 2.22. The van der Waals surface area contributed by atoms with Crippen molar-refractivity contribution >= 4 is 17.6 Å². The number of para-hydroxylation sites is 1. The summed E-state index contributed by atoms with van der Waals surface area (Å²) in [5, 5.41) is 12.6. The van der Waals surface area contributed by atoms with E-state index < -0.39 is 0 Å². The summed E-state index contributed by atoms with van der Waals surface area (Å²) in [7, 11) is 0. The van der Waals surface area contributed by atoms with Crippen LogP contribution in [0.15, 0.2) is 24.3 Å². The van der Waals surface area contributed by atoms with E-state index in [-0.39, 0.29) is 18.7 Å². The summed E-state index contributed by atoms with van der Waals surface area (Å²) >= 11 is 6.04. The summed E-state index contributed by atoms with van der Waals surface area (Å²) in [6.45, 7) is 3.90. The first-order valence-corrected chi connectivity index (χ1v) is 8.02. The number of urea groups is 1. The Morgan fingerprint density at radius 2 is 2.14 bits per heavy atom. The van der Waals surface area contributed by atoms with Gasteiger partial charge < -0.3 is 20.1 Å². The first kappa shape index (κ1) is 16.9. The molecular formula is C16H23ClN2O3. The second kappa shape index (κ2) is 8.25. The number of amides is 2. The smallest absolute Gasteiger partial charge is 0.317 e. The Kier molecular flexibility index (Phi) is 6.34. The molecular weight excluding hydrogens is 304 g/mol. The number of carbonyl (C=O) groups excluding carboxylic acids is 1. The van der Waals surface area contributed by atoms with Crippen LogP contribution in [-0.4, -0.2) is 48.4 Å². The van der Waals surface area contributed by atoms with E-state index in [1.807, 2.05) is 19.1 Å². The van der Waals surface area contributed by atoms with Crippen LogP contribution in [-0.2, 0) is 0 Å². The van der Waals surface area contributed by atoms with Crippen molar-refractivity contribution in [2.24, 2.45) is 5.92 Å². The van der Waals surface area contributed by atoms with Crippen LogP contribution in [0.4, 0.5) is 4.79 Å². The lowest BCUT2D eigenvalue weighted by molar-refractivity contribution is 0.134. The summed E-state index contributed by atoms with van der Waals surface area (Å²) in [6.07, 6.45) is 1.55. The van der Waals surface area contributed by atoms with E-state index in [0.717, 1.165) is 12.8 Å². The number of likely N-dealkylation sites (tertiary alicyclic amines) is 1. The van der Waals surface area contributed by atoms with Gasteiger partial charge in [-0.3, -0.25) is 0 Å². The zero-order chi connectivity index (χ0) is 15.9. The van der Waals surface area contributed by atoms with Crippen LogP contribution in [0.3, 0.4) is 0 Å². The number of piperidine rings is 1. The highest BCUT2D eigenvalue weighted by molar-refractivity contribution is 6.32. The summed E-state index contributed by atoms with van der Waals surface area (Å²) in [5.74, 6) is 0.946. The lowest BCUT2D eigenvalue weighted by Crippen LogP contribution is -2.47. The van der Waals surface area contributed by atoms with E-state index in [1.165, 1.54) is 0 Å². The highest BCUT2D eigenvalue weighted by atomic mass is 35.5. The van der Waals surface area contributed by atoms with Crippen molar-refractivity contribution in [1.29, 1.82) is 0 Å². The fourth-order valence-electron chi connectivity index (χ4n) is 2.46. The molecule has 0 aromatic heterocycles. The average molecular weight is 327 g/mol. The zero-order valence-corrected chi connectivity index (χ0v) is 13.6. The molecule has 122 valence electrons. The quantitative estimate of drug-likeness (QED) is 0.874. The molecule has 1 aromatic rings. The topological polar surface area (TPSA) is 61.8 Å². The third-order valence-electron chi connectivity index (χ3n) is 3.87. The van der Waals surface area contributed by atoms with Crippen molar-refractivity contribution in [2.75, 3.05) is 26.2 Å². The number of carbonyl (C=O) groups is 1. The van der Waals surface area contributed by atoms with Gasteiger partial charge in [-0.1, -0.05) is 23.7 Å². The molecule has 1 saturated heterocycles. The largest absolute Gasteiger partial charge is 0.487 e. The van der Waals surface area contributed by atoms with Crippen LogP contribution in [0.5, 0.6) is 5.75 Å². The van der Waals surface area contributed by atoms with Gasteiger partial charge in [-0.2, -0.15) is 0 Å². The molecule has 0 aliphatic carbocycles. The van der Waals surface area contributed by atoms with Crippen LogP contribution in [0.1, 0.15) is 19.8 Å².